The molecule has 0 bridgehead atoms. The molecule has 1 heterocycles. The third-order valence-electron chi connectivity index (χ3n) is 3.13. The summed E-state index contributed by atoms with van der Waals surface area (Å²) in [5, 5.41) is 12.9. The van der Waals surface area contributed by atoms with Crippen LogP contribution in [0.4, 0.5) is 5.69 Å². The van der Waals surface area contributed by atoms with Crippen LogP contribution in [0.25, 0.3) is 0 Å². The van der Waals surface area contributed by atoms with Crippen molar-refractivity contribution in [1.82, 2.24) is 0 Å². The van der Waals surface area contributed by atoms with E-state index in [1.165, 1.54) is 24.3 Å². The Morgan fingerprint density at radius 2 is 2.17 bits per heavy atom. The van der Waals surface area contributed by atoms with Crippen molar-refractivity contribution in [2.24, 2.45) is 5.92 Å². The molecule has 5 heteroatoms. The smallest absolute Gasteiger partial charge is 0.337 e. The van der Waals surface area contributed by atoms with E-state index in [1.54, 1.807) is 18.2 Å². The van der Waals surface area contributed by atoms with Crippen LogP contribution < -0.4 is 5.32 Å². The van der Waals surface area contributed by atoms with Crippen molar-refractivity contribution in [3.05, 3.63) is 28.8 Å². The number of hydrogen-bond donors (Lipinski definition) is 2. The van der Waals surface area contributed by atoms with Gasteiger partial charge in [0.25, 0.3) is 0 Å². The molecule has 3 nitrogen and oxygen atoms in total. The van der Waals surface area contributed by atoms with E-state index >= 15 is 0 Å². The summed E-state index contributed by atoms with van der Waals surface area (Å²) in [5.74, 6) is 2.11. The number of carboxylic acid groups (broad SMARTS) is 1. The Hall–Kier alpha value is -0.870. The lowest BCUT2D eigenvalue weighted by Gasteiger charge is -2.22. The Balaban J connectivity index is 2.03. The fourth-order valence-electron chi connectivity index (χ4n) is 2.05. The standard InChI is InChI=1S/C13H16ClNO2S/c14-10-1-2-11(13(16)17)12(7-10)15-8-9-3-5-18-6-4-9/h1-2,7,9,15H,3-6,8H2,(H,16,17). The molecule has 1 aliphatic rings. The van der Waals surface area contributed by atoms with Gasteiger partial charge in [0.15, 0.2) is 0 Å². The van der Waals surface area contributed by atoms with E-state index < -0.39 is 5.97 Å². The van der Waals surface area contributed by atoms with E-state index in [0.717, 1.165) is 6.54 Å². The van der Waals surface area contributed by atoms with Gasteiger partial charge in [-0.2, -0.15) is 11.8 Å². The van der Waals surface area contributed by atoms with Gasteiger partial charge in [0.05, 0.1) is 11.3 Å². The molecule has 18 heavy (non-hydrogen) atoms. The Morgan fingerprint density at radius 3 is 2.83 bits per heavy atom. The first kappa shape index (κ1) is 13.6. The summed E-state index contributed by atoms with van der Waals surface area (Å²) in [6.45, 7) is 0.821. The fourth-order valence-corrected chi connectivity index (χ4v) is 3.43. The molecule has 1 aromatic carbocycles. The minimum Gasteiger partial charge on any atom is -0.478 e. The average molecular weight is 286 g/mol. The predicted molar refractivity (Wildman–Crippen MR) is 77.0 cm³/mol. The highest BCUT2D eigenvalue weighted by atomic mass is 35.5. The summed E-state index contributed by atoms with van der Waals surface area (Å²) < 4.78 is 0. The number of aromatic carboxylic acids is 1. The summed E-state index contributed by atoms with van der Waals surface area (Å²) in [4.78, 5) is 11.1. The van der Waals surface area contributed by atoms with Crippen LogP contribution in [0.5, 0.6) is 0 Å². The van der Waals surface area contributed by atoms with Crippen molar-refractivity contribution in [2.45, 2.75) is 12.8 Å². The number of carboxylic acids is 1. The second kappa shape index (κ2) is 6.34. The van der Waals surface area contributed by atoms with Gasteiger partial charge in [-0.25, -0.2) is 4.79 Å². The van der Waals surface area contributed by atoms with Gasteiger partial charge in [0.2, 0.25) is 0 Å². The van der Waals surface area contributed by atoms with Crippen molar-refractivity contribution < 1.29 is 9.90 Å². The van der Waals surface area contributed by atoms with Crippen LogP contribution in [0.1, 0.15) is 23.2 Å². The van der Waals surface area contributed by atoms with E-state index in [0.29, 0.717) is 16.6 Å². The Kier molecular flexibility index (Phi) is 4.78. The molecule has 0 atom stereocenters. The highest BCUT2D eigenvalue weighted by Gasteiger charge is 2.15. The van der Waals surface area contributed by atoms with Crippen LogP contribution >= 0.6 is 23.4 Å². The Morgan fingerprint density at radius 1 is 1.44 bits per heavy atom. The van der Waals surface area contributed by atoms with E-state index in [1.807, 2.05) is 11.8 Å². The second-order valence-corrected chi connectivity index (χ2v) is 6.09. The first-order chi connectivity index (χ1) is 8.66. The van der Waals surface area contributed by atoms with Gasteiger partial charge in [-0.3, -0.25) is 0 Å². The minimum atomic E-state index is -0.923. The molecule has 0 saturated carbocycles. The van der Waals surface area contributed by atoms with E-state index in [2.05, 4.69) is 5.32 Å². The van der Waals surface area contributed by atoms with E-state index in [-0.39, 0.29) is 5.56 Å². The van der Waals surface area contributed by atoms with Crippen molar-refractivity contribution in [1.29, 1.82) is 0 Å². The number of benzene rings is 1. The number of nitrogens with one attached hydrogen (secondary N) is 1. The lowest BCUT2D eigenvalue weighted by atomic mass is 10.0. The quantitative estimate of drug-likeness (QED) is 0.887. The summed E-state index contributed by atoms with van der Waals surface area (Å²) in [6.07, 6.45) is 2.39. The van der Waals surface area contributed by atoms with Crippen LogP contribution in [0, 0.1) is 5.92 Å². The molecular formula is C13H16ClNO2S. The van der Waals surface area contributed by atoms with E-state index in [9.17, 15) is 4.79 Å². The number of anilines is 1. The fraction of sp³-hybridized carbons (Fsp3) is 0.462. The molecule has 0 radical (unpaired) electrons. The summed E-state index contributed by atoms with van der Waals surface area (Å²) in [5.41, 5.74) is 0.901. The average Bonchev–Trinajstić information content (AvgIpc) is 2.37. The molecule has 1 aromatic rings. The van der Waals surface area contributed by atoms with Crippen molar-refractivity contribution in [2.75, 3.05) is 23.4 Å². The lowest BCUT2D eigenvalue weighted by molar-refractivity contribution is 0.0698. The van der Waals surface area contributed by atoms with Crippen LogP contribution in [0.3, 0.4) is 0 Å². The zero-order valence-corrected chi connectivity index (χ0v) is 11.6. The number of rotatable bonds is 4. The Bertz CT molecular complexity index is 433. The minimum absolute atomic E-state index is 0.282. The van der Waals surface area contributed by atoms with Crippen LogP contribution in [0.2, 0.25) is 5.02 Å². The molecule has 0 aromatic heterocycles. The maximum atomic E-state index is 11.1. The summed E-state index contributed by atoms with van der Waals surface area (Å²) in [6, 6.07) is 4.83. The monoisotopic (exact) mass is 285 g/mol. The molecule has 1 fully saturated rings. The zero-order chi connectivity index (χ0) is 13.0. The molecule has 98 valence electrons. The van der Waals surface area contributed by atoms with Gasteiger partial charge >= 0.3 is 5.97 Å². The van der Waals surface area contributed by atoms with Crippen LogP contribution in [-0.4, -0.2) is 29.1 Å². The lowest BCUT2D eigenvalue weighted by Crippen LogP contribution is -2.20. The first-order valence-corrected chi connectivity index (χ1v) is 7.54. The zero-order valence-electron chi connectivity index (χ0n) is 9.99. The largest absolute Gasteiger partial charge is 0.478 e. The molecule has 2 N–H and O–H groups in total. The summed E-state index contributed by atoms with van der Waals surface area (Å²) in [7, 11) is 0. The molecule has 1 aliphatic heterocycles. The molecule has 1 saturated heterocycles. The maximum Gasteiger partial charge on any atom is 0.337 e. The van der Waals surface area contributed by atoms with Gasteiger partial charge in [-0.15, -0.1) is 0 Å². The van der Waals surface area contributed by atoms with Crippen LogP contribution in [-0.2, 0) is 0 Å². The van der Waals surface area contributed by atoms with Gasteiger partial charge in [-0.1, -0.05) is 11.6 Å². The van der Waals surface area contributed by atoms with E-state index in [4.69, 9.17) is 16.7 Å². The number of thioether (sulfide) groups is 1. The van der Waals surface area contributed by atoms with Gasteiger partial charge < -0.3 is 10.4 Å². The third kappa shape index (κ3) is 3.56. The van der Waals surface area contributed by atoms with Crippen molar-refractivity contribution in [3.63, 3.8) is 0 Å². The third-order valence-corrected chi connectivity index (χ3v) is 4.42. The first-order valence-electron chi connectivity index (χ1n) is 6.01. The Labute approximate surface area is 116 Å². The summed E-state index contributed by atoms with van der Waals surface area (Å²) >= 11 is 7.89. The normalized spacial score (nSPS) is 16.5. The second-order valence-electron chi connectivity index (χ2n) is 4.43. The molecule has 0 unspecified atom stereocenters. The highest BCUT2D eigenvalue weighted by molar-refractivity contribution is 7.99. The maximum absolute atomic E-state index is 11.1. The molecule has 0 aliphatic carbocycles. The molecule has 0 spiro atoms. The van der Waals surface area contributed by atoms with Crippen LogP contribution in [0.15, 0.2) is 18.2 Å². The SMILES string of the molecule is O=C(O)c1ccc(Cl)cc1NCC1CCSCC1. The highest BCUT2D eigenvalue weighted by Crippen LogP contribution is 2.25. The topological polar surface area (TPSA) is 49.3 Å². The molecule has 2 rings (SSSR count). The van der Waals surface area contributed by atoms with Gasteiger partial charge in [0.1, 0.15) is 0 Å². The number of halogens is 1. The van der Waals surface area contributed by atoms with Gasteiger partial charge in [-0.05, 0) is 48.5 Å². The number of carbonyl (C=O) groups is 1. The molecular weight excluding hydrogens is 270 g/mol. The van der Waals surface area contributed by atoms with Crippen molar-refractivity contribution >= 4 is 35.0 Å². The van der Waals surface area contributed by atoms with Gasteiger partial charge in [0, 0.05) is 11.6 Å². The molecule has 0 amide bonds. The number of hydrogen-bond acceptors (Lipinski definition) is 3. The van der Waals surface area contributed by atoms with Crippen molar-refractivity contribution in [3.8, 4) is 0 Å². The predicted octanol–water partition coefficient (Wildman–Crippen LogP) is 3.59.